The standard InChI is InChI=1S/C12H21N7O2/c1-2-18-5-3-9(4-6-18)7-14-11-10(19(20)21)12(17-13)16-8-15-11/h8-9H,2-7,13H2,1H3,(H2,14,15,16,17). The molecule has 0 radical (unpaired) electrons. The fraction of sp³-hybridized carbons (Fsp3) is 0.667. The largest absolute Gasteiger partial charge is 0.364 e. The molecule has 4 N–H and O–H groups in total. The maximum atomic E-state index is 11.1. The molecule has 1 saturated heterocycles. The van der Waals surface area contributed by atoms with Gasteiger partial charge in [-0.3, -0.25) is 10.1 Å². The molecule has 0 saturated carbocycles. The van der Waals surface area contributed by atoms with Crippen molar-refractivity contribution >= 4 is 17.3 Å². The highest BCUT2D eigenvalue weighted by Crippen LogP contribution is 2.28. The molecule has 0 bridgehead atoms. The Balaban J connectivity index is 1.99. The lowest BCUT2D eigenvalue weighted by molar-refractivity contribution is -0.383. The van der Waals surface area contributed by atoms with Crippen LogP contribution in [0.3, 0.4) is 0 Å². The van der Waals surface area contributed by atoms with Crippen molar-refractivity contribution in [2.45, 2.75) is 19.8 Å². The third-order valence-electron chi connectivity index (χ3n) is 3.85. The summed E-state index contributed by atoms with van der Waals surface area (Å²) < 4.78 is 0. The van der Waals surface area contributed by atoms with Crippen LogP contribution < -0.4 is 16.6 Å². The summed E-state index contributed by atoms with van der Waals surface area (Å²) in [4.78, 5) is 20.7. The molecule has 1 fully saturated rings. The number of likely N-dealkylation sites (tertiary alicyclic amines) is 1. The quantitative estimate of drug-likeness (QED) is 0.400. The number of nitrogens with zero attached hydrogens (tertiary/aromatic N) is 4. The number of nitrogens with one attached hydrogen (secondary N) is 2. The van der Waals surface area contributed by atoms with Gasteiger partial charge in [-0.15, -0.1) is 0 Å². The van der Waals surface area contributed by atoms with Gasteiger partial charge >= 0.3 is 5.69 Å². The molecule has 0 unspecified atom stereocenters. The number of aromatic nitrogens is 2. The summed E-state index contributed by atoms with van der Waals surface area (Å²) >= 11 is 0. The van der Waals surface area contributed by atoms with E-state index in [0.717, 1.165) is 32.5 Å². The minimum Gasteiger partial charge on any atom is -0.364 e. The Morgan fingerprint density at radius 3 is 2.67 bits per heavy atom. The number of nitro groups is 1. The highest BCUT2D eigenvalue weighted by atomic mass is 16.6. The molecule has 0 aromatic carbocycles. The van der Waals surface area contributed by atoms with Crippen molar-refractivity contribution in [3.8, 4) is 0 Å². The number of hydrogen-bond donors (Lipinski definition) is 3. The average molecular weight is 295 g/mol. The summed E-state index contributed by atoms with van der Waals surface area (Å²) in [6.07, 6.45) is 3.42. The van der Waals surface area contributed by atoms with E-state index in [1.807, 2.05) is 0 Å². The van der Waals surface area contributed by atoms with E-state index < -0.39 is 4.92 Å². The minimum atomic E-state index is -0.531. The third kappa shape index (κ3) is 3.76. The lowest BCUT2D eigenvalue weighted by atomic mass is 9.97. The SMILES string of the molecule is CCN1CCC(CNc2ncnc(NN)c2[N+](=O)[O-])CC1. The van der Waals surface area contributed by atoms with Crippen molar-refractivity contribution in [3.05, 3.63) is 16.4 Å². The van der Waals surface area contributed by atoms with Crippen LogP contribution in [-0.4, -0.2) is 46.0 Å². The number of nitrogens with two attached hydrogens (primary N) is 1. The van der Waals surface area contributed by atoms with Crippen molar-refractivity contribution in [3.63, 3.8) is 0 Å². The highest BCUT2D eigenvalue weighted by Gasteiger charge is 2.24. The molecule has 9 heteroatoms. The molecule has 9 nitrogen and oxygen atoms in total. The van der Waals surface area contributed by atoms with E-state index in [9.17, 15) is 10.1 Å². The highest BCUT2D eigenvalue weighted by molar-refractivity contribution is 5.68. The molecule has 0 amide bonds. The molecule has 1 aromatic rings. The molecule has 1 aliphatic heterocycles. The van der Waals surface area contributed by atoms with E-state index in [0.29, 0.717) is 12.5 Å². The number of hydrogen-bond acceptors (Lipinski definition) is 8. The molecule has 1 aliphatic rings. The van der Waals surface area contributed by atoms with Gasteiger partial charge < -0.3 is 15.6 Å². The van der Waals surface area contributed by atoms with Crippen molar-refractivity contribution < 1.29 is 4.92 Å². The summed E-state index contributed by atoms with van der Waals surface area (Å²) in [5.74, 6) is 5.97. The van der Waals surface area contributed by atoms with Crippen LogP contribution in [0, 0.1) is 16.0 Å². The number of piperidine rings is 1. The maximum absolute atomic E-state index is 11.1. The number of nitrogen functional groups attached to an aromatic ring is 1. The summed E-state index contributed by atoms with van der Waals surface area (Å²) in [5, 5.41) is 14.2. The zero-order valence-corrected chi connectivity index (χ0v) is 12.1. The van der Waals surface area contributed by atoms with Gasteiger partial charge in [0, 0.05) is 6.54 Å². The first-order valence-corrected chi connectivity index (χ1v) is 7.08. The van der Waals surface area contributed by atoms with Crippen LogP contribution in [0.2, 0.25) is 0 Å². The second kappa shape index (κ2) is 7.14. The van der Waals surface area contributed by atoms with Gasteiger partial charge in [-0.25, -0.2) is 15.8 Å². The van der Waals surface area contributed by atoms with Crippen molar-refractivity contribution in [2.24, 2.45) is 11.8 Å². The number of hydrazine groups is 1. The van der Waals surface area contributed by atoms with Gasteiger partial charge in [0.2, 0.25) is 11.6 Å². The fourth-order valence-corrected chi connectivity index (χ4v) is 2.53. The first-order valence-electron chi connectivity index (χ1n) is 7.08. The molecule has 116 valence electrons. The number of anilines is 2. The Kier molecular flexibility index (Phi) is 5.23. The Labute approximate surface area is 123 Å². The lowest BCUT2D eigenvalue weighted by Crippen LogP contribution is -2.35. The predicted octanol–water partition coefficient (Wildman–Crippen LogP) is 0.814. The van der Waals surface area contributed by atoms with Gasteiger partial charge in [0.25, 0.3) is 0 Å². The van der Waals surface area contributed by atoms with Crippen molar-refractivity contribution in [2.75, 3.05) is 36.9 Å². The van der Waals surface area contributed by atoms with Gasteiger partial charge in [-0.1, -0.05) is 6.92 Å². The topological polar surface area (TPSA) is 122 Å². The van der Waals surface area contributed by atoms with E-state index in [4.69, 9.17) is 5.84 Å². The van der Waals surface area contributed by atoms with Crippen LogP contribution in [-0.2, 0) is 0 Å². The second-order valence-electron chi connectivity index (χ2n) is 5.08. The predicted molar refractivity (Wildman–Crippen MR) is 79.8 cm³/mol. The zero-order chi connectivity index (χ0) is 15.2. The summed E-state index contributed by atoms with van der Waals surface area (Å²) in [6, 6.07) is 0. The minimum absolute atomic E-state index is 0.0123. The smallest absolute Gasteiger partial charge is 0.354 e. The summed E-state index contributed by atoms with van der Waals surface area (Å²) in [6.45, 7) is 6.04. The number of rotatable bonds is 6. The Morgan fingerprint density at radius 2 is 2.10 bits per heavy atom. The molecule has 1 aromatic heterocycles. The van der Waals surface area contributed by atoms with Crippen molar-refractivity contribution in [1.82, 2.24) is 14.9 Å². The van der Waals surface area contributed by atoms with Crippen LogP contribution in [0.15, 0.2) is 6.33 Å². The molecule has 0 atom stereocenters. The molecule has 2 rings (SSSR count). The van der Waals surface area contributed by atoms with Crippen LogP contribution >= 0.6 is 0 Å². The van der Waals surface area contributed by atoms with E-state index in [-0.39, 0.29) is 17.3 Å². The fourth-order valence-electron chi connectivity index (χ4n) is 2.53. The van der Waals surface area contributed by atoms with E-state index in [2.05, 4.69) is 32.5 Å². The van der Waals surface area contributed by atoms with Gasteiger partial charge in [0.05, 0.1) is 4.92 Å². The van der Waals surface area contributed by atoms with Crippen LogP contribution in [0.25, 0.3) is 0 Å². The molecular formula is C12H21N7O2. The van der Waals surface area contributed by atoms with E-state index in [1.54, 1.807) is 0 Å². The molecule has 2 heterocycles. The Bertz CT molecular complexity index is 488. The zero-order valence-electron chi connectivity index (χ0n) is 12.1. The Morgan fingerprint density at radius 1 is 1.43 bits per heavy atom. The molecule has 21 heavy (non-hydrogen) atoms. The Hall–Kier alpha value is -2.00. The summed E-state index contributed by atoms with van der Waals surface area (Å²) in [7, 11) is 0. The van der Waals surface area contributed by atoms with E-state index in [1.165, 1.54) is 6.33 Å². The van der Waals surface area contributed by atoms with Crippen LogP contribution in [0.4, 0.5) is 17.3 Å². The van der Waals surface area contributed by atoms with Gasteiger partial charge in [0.1, 0.15) is 6.33 Å². The second-order valence-corrected chi connectivity index (χ2v) is 5.08. The molecular weight excluding hydrogens is 274 g/mol. The monoisotopic (exact) mass is 295 g/mol. The first-order chi connectivity index (χ1) is 10.2. The van der Waals surface area contributed by atoms with E-state index >= 15 is 0 Å². The third-order valence-corrected chi connectivity index (χ3v) is 3.85. The average Bonchev–Trinajstić information content (AvgIpc) is 2.52. The summed E-state index contributed by atoms with van der Waals surface area (Å²) in [5.41, 5.74) is 2.01. The van der Waals surface area contributed by atoms with Crippen molar-refractivity contribution in [1.29, 1.82) is 0 Å². The normalized spacial score (nSPS) is 16.7. The van der Waals surface area contributed by atoms with Gasteiger partial charge in [0.15, 0.2) is 0 Å². The van der Waals surface area contributed by atoms with Crippen LogP contribution in [0.1, 0.15) is 19.8 Å². The molecule has 0 spiro atoms. The van der Waals surface area contributed by atoms with Gasteiger partial charge in [-0.2, -0.15) is 0 Å². The van der Waals surface area contributed by atoms with Crippen LogP contribution in [0.5, 0.6) is 0 Å². The maximum Gasteiger partial charge on any atom is 0.354 e. The lowest BCUT2D eigenvalue weighted by Gasteiger charge is -2.31. The molecule has 0 aliphatic carbocycles. The first kappa shape index (κ1) is 15.4. The van der Waals surface area contributed by atoms with Gasteiger partial charge in [-0.05, 0) is 38.4 Å².